The number of pyridine rings is 1. The first-order chi connectivity index (χ1) is 17.2. The normalized spacial score (nSPS) is 10.9. The molecule has 0 bridgehead atoms. The minimum atomic E-state index is 0.557. The Kier molecular flexibility index (Phi) is 6.22. The quantitative estimate of drug-likeness (QED) is 0.328. The SMILES string of the molecule is C=Cc1ccccc1Cn1nc(-c2nc(C)cc(NCc3ccccc3OC)n2)c2cccnc21. The van der Waals surface area contributed by atoms with Gasteiger partial charge >= 0.3 is 0 Å². The molecule has 0 saturated carbocycles. The Morgan fingerprint density at radius 3 is 2.63 bits per heavy atom. The van der Waals surface area contributed by atoms with Gasteiger partial charge in [-0.15, -0.1) is 0 Å². The summed E-state index contributed by atoms with van der Waals surface area (Å²) in [6.07, 6.45) is 3.64. The van der Waals surface area contributed by atoms with Crippen molar-refractivity contribution in [2.24, 2.45) is 0 Å². The summed E-state index contributed by atoms with van der Waals surface area (Å²) in [5.74, 6) is 2.12. The molecule has 174 valence electrons. The minimum absolute atomic E-state index is 0.557. The monoisotopic (exact) mass is 462 g/mol. The van der Waals surface area contributed by atoms with E-state index in [-0.39, 0.29) is 0 Å². The van der Waals surface area contributed by atoms with Crippen LogP contribution in [-0.4, -0.2) is 31.8 Å². The Morgan fingerprint density at radius 1 is 1.00 bits per heavy atom. The van der Waals surface area contributed by atoms with Crippen molar-refractivity contribution in [3.8, 4) is 17.3 Å². The first kappa shape index (κ1) is 22.3. The summed E-state index contributed by atoms with van der Waals surface area (Å²) in [6.45, 7) is 7.04. The third kappa shape index (κ3) is 4.61. The summed E-state index contributed by atoms with van der Waals surface area (Å²) in [4.78, 5) is 14.1. The van der Waals surface area contributed by atoms with Crippen LogP contribution in [-0.2, 0) is 13.1 Å². The van der Waals surface area contributed by atoms with Gasteiger partial charge in [0, 0.05) is 30.1 Å². The molecule has 7 nitrogen and oxygen atoms in total. The van der Waals surface area contributed by atoms with Gasteiger partial charge in [0.2, 0.25) is 0 Å². The fourth-order valence-corrected chi connectivity index (χ4v) is 4.12. The lowest BCUT2D eigenvalue weighted by Crippen LogP contribution is -2.06. The second-order valence-corrected chi connectivity index (χ2v) is 8.17. The highest BCUT2D eigenvalue weighted by atomic mass is 16.5. The van der Waals surface area contributed by atoms with Gasteiger partial charge in [0.25, 0.3) is 0 Å². The first-order valence-electron chi connectivity index (χ1n) is 11.4. The maximum Gasteiger partial charge on any atom is 0.183 e. The Morgan fingerprint density at radius 2 is 1.80 bits per heavy atom. The molecule has 0 unspecified atom stereocenters. The fraction of sp³-hybridized carbons (Fsp3) is 0.143. The second-order valence-electron chi connectivity index (χ2n) is 8.17. The molecule has 1 N–H and O–H groups in total. The third-order valence-electron chi connectivity index (χ3n) is 5.82. The van der Waals surface area contributed by atoms with Crippen LogP contribution in [0.15, 0.2) is 79.5 Å². The number of rotatable bonds is 8. The van der Waals surface area contributed by atoms with E-state index in [0.717, 1.165) is 45.0 Å². The van der Waals surface area contributed by atoms with E-state index >= 15 is 0 Å². The van der Waals surface area contributed by atoms with Crippen LogP contribution in [0.2, 0.25) is 0 Å². The van der Waals surface area contributed by atoms with Crippen LogP contribution in [0.25, 0.3) is 28.6 Å². The number of nitrogens with zero attached hydrogens (tertiary/aromatic N) is 5. The highest BCUT2D eigenvalue weighted by Crippen LogP contribution is 2.27. The number of hydrogen-bond donors (Lipinski definition) is 1. The number of benzene rings is 2. The average Bonchev–Trinajstić information content (AvgIpc) is 3.26. The van der Waals surface area contributed by atoms with E-state index in [2.05, 4.69) is 22.9 Å². The summed E-state index contributed by atoms with van der Waals surface area (Å²) in [7, 11) is 1.68. The lowest BCUT2D eigenvalue weighted by Gasteiger charge is -2.11. The maximum absolute atomic E-state index is 5.47. The molecule has 5 aromatic rings. The number of anilines is 1. The molecule has 5 rings (SSSR count). The average molecular weight is 463 g/mol. The molecule has 0 amide bonds. The Balaban J connectivity index is 1.51. The van der Waals surface area contributed by atoms with Crippen LogP contribution in [0.1, 0.15) is 22.4 Å². The fourth-order valence-electron chi connectivity index (χ4n) is 4.12. The van der Waals surface area contributed by atoms with Crippen LogP contribution in [0, 0.1) is 6.92 Å². The topological polar surface area (TPSA) is 77.8 Å². The molecular formula is C28H26N6O. The number of fused-ring (bicyclic) bond motifs is 1. The van der Waals surface area contributed by atoms with Gasteiger partial charge in [-0.25, -0.2) is 19.6 Å². The molecule has 0 radical (unpaired) electrons. The molecule has 3 heterocycles. The Hall–Kier alpha value is -4.52. The van der Waals surface area contributed by atoms with Crippen molar-refractivity contribution in [3.05, 3.63) is 102 Å². The van der Waals surface area contributed by atoms with Crippen LogP contribution < -0.4 is 10.1 Å². The molecular weight excluding hydrogens is 436 g/mol. The smallest absolute Gasteiger partial charge is 0.183 e. The van der Waals surface area contributed by atoms with Gasteiger partial charge in [-0.05, 0) is 36.2 Å². The number of methoxy groups -OCH3 is 1. The second kappa shape index (κ2) is 9.77. The van der Waals surface area contributed by atoms with Gasteiger partial charge in [0.1, 0.15) is 17.3 Å². The minimum Gasteiger partial charge on any atom is -0.496 e. The molecule has 2 aromatic carbocycles. The number of nitrogens with one attached hydrogen (secondary N) is 1. The van der Waals surface area contributed by atoms with Gasteiger partial charge in [-0.1, -0.05) is 55.1 Å². The van der Waals surface area contributed by atoms with E-state index in [0.29, 0.717) is 24.6 Å². The number of aryl methyl sites for hydroxylation is 1. The van der Waals surface area contributed by atoms with Crippen molar-refractivity contribution in [2.45, 2.75) is 20.0 Å². The molecule has 0 aliphatic heterocycles. The number of aromatic nitrogens is 5. The van der Waals surface area contributed by atoms with E-state index in [1.54, 1.807) is 13.3 Å². The van der Waals surface area contributed by atoms with Gasteiger partial charge < -0.3 is 10.1 Å². The van der Waals surface area contributed by atoms with E-state index in [4.69, 9.17) is 19.8 Å². The summed E-state index contributed by atoms with van der Waals surface area (Å²) >= 11 is 0. The van der Waals surface area contributed by atoms with Crippen molar-refractivity contribution in [2.75, 3.05) is 12.4 Å². The molecule has 0 fully saturated rings. The predicted octanol–water partition coefficient (Wildman–Crippen LogP) is 5.51. The van der Waals surface area contributed by atoms with Crippen molar-refractivity contribution in [1.29, 1.82) is 0 Å². The Labute approximate surface area is 204 Å². The lowest BCUT2D eigenvalue weighted by molar-refractivity contribution is 0.410. The van der Waals surface area contributed by atoms with Gasteiger partial charge in [-0.2, -0.15) is 5.10 Å². The molecule has 0 spiro atoms. The van der Waals surface area contributed by atoms with Crippen LogP contribution in [0.3, 0.4) is 0 Å². The molecule has 0 atom stereocenters. The highest BCUT2D eigenvalue weighted by Gasteiger charge is 2.17. The number of para-hydroxylation sites is 1. The first-order valence-corrected chi connectivity index (χ1v) is 11.4. The predicted molar refractivity (Wildman–Crippen MR) is 139 cm³/mol. The van der Waals surface area contributed by atoms with E-state index in [1.165, 1.54) is 0 Å². The summed E-state index contributed by atoms with van der Waals surface area (Å²) < 4.78 is 7.37. The number of hydrogen-bond acceptors (Lipinski definition) is 6. The van der Waals surface area contributed by atoms with Gasteiger partial charge in [0.15, 0.2) is 11.5 Å². The molecule has 35 heavy (non-hydrogen) atoms. The van der Waals surface area contributed by atoms with Crippen LogP contribution >= 0.6 is 0 Å². The van der Waals surface area contributed by atoms with E-state index in [1.807, 2.05) is 78.3 Å². The zero-order valence-electron chi connectivity index (χ0n) is 19.8. The number of ether oxygens (including phenoxy) is 1. The van der Waals surface area contributed by atoms with Crippen molar-refractivity contribution < 1.29 is 4.74 Å². The zero-order chi connectivity index (χ0) is 24.2. The largest absolute Gasteiger partial charge is 0.496 e. The summed E-state index contributed by atoms with van der Waals surface area (Å²) in [5, 5.41) is 9.22. The van der Waals surface area contributed by atoms with Crippen LogP contribution in [0.5, 0.6) is 5.75 Å². The standard InChI is InChI=1S/C28H26N6O/c1-4-20-10-5-6-12-22(20)18-34-28-23(13-9-15-29-28)26(33-34)27-31-19(2)16-25(32-27)30-17-21-11-7-8-14-24(21)35-3/h4-16H,1,17-18H2,2-3H3,(H,30,31,32). The van der Waals surface area contributed by atoms with Crippen LogP contribution in [0.4, 0.5) is 5.82 Å². The van der Waals surface area contributed by atoms with Gasteiger partial charge in [-0.3, -0.25) is 0 Å². The maximum atomic E-state index is 5.47. The molecule has 0 aliphatic carbocycles. The molecule has 7 heteroatoms. The van der Waals surface area contributed by atoms with Gasteiger partial charge in [0.05, 0.1) is 19.0 Å². The molecule has 0 aliphatic rings. The highest BCUT2D eigenvalue weighted by molar-refractivity contribution is 5.89. The third-order valence-corrected chi connectivity index (χ3v) is 5.82. The Bertz CT molecular complexity index is 1510. The van der Waals surface area contributed by atoms with Crippen molar-refractivity contribution in [1.82, 2.24) is 24.7 Å². The van der Waals surface area contributed by atoms with E-state index < -0.39 is 0 Å². The summed E-state index contributed by atoms with van der Waals surface area (Å²) in [5.41, 5.74) is 5.58. The molecule has 0 saturated heterocycles. The molecule has 3 aromatic heterocycles. The zero-order valence-corrected chi connectivity index (χ0v) is 19.8. The lowest BCUT2D eigenvalue weighted by atomic mass is 10.1. The summed E-state index contributed by atoms with van der Waals surface area (Å²) in [6, 6.07) is 21.9. The van der Waals surface area contributed by atoms with E-state index in [9.17, 15) is 0 Å². The van der Waals surface area contributed by atoms with Crippen molar-refractivity contribution >= 4 is 22.9 Å². The van der Waals surface area contributed by atoms with Crippen molar-refractivity contribution in [3.63, 3.8) is 0 Å².